The predicted molar refractivity (Wildman–Crippen MR) is 82.1 cm³/mol. The molecular weight excluding hydrogens is 236 g/mol. The van der Waals surface area contributed by atoms with Gasteiger partial charge >= 0.3 is 5.97 Å². The fraction of sp³-hybridized carbons (Fsp3) is 0.706. The first-order valence-electron chi connectivity index (χ1n) is 7.69. The molecule has 2 nitrogen and oxygen atoms in total. The second-order valence-corrected chi connectivity index (χ2v) is 4.88. The average Bonchev–Trinajstić information content (AvgIpc) is 2.41. The number of hydrogen-bond donors (Lipinski definition) is 0. The van der Waals surface area contributed by atoms with E-state index in [1.807, 2.05) is 19.1 Å². The van der Waals surface area contributed by atoms with Crippen molar-refractivity contribution >= 4 is 5.97 Å². The van der Waals surface area contributed by atoms with Gasteiger partial charge in [0.1, 0.15) is 0 Å². The molecule has 0 aromatic heterocycles. The summed E-state index contributed by atoms with van der Waals surface area (Å²) in [6.45, 7) is 6.28. The molecule has 0 saturated carbocycles. The molecule has 0 radical (unpaired) electrons. The maximum absolute atomic E-state index is 11.4. The van der Waals surface area contributed by atoms with Crippen LogP contribution in [0, 0.1) is 0 Å². The third kappa shape index (κ3) is 14.9. The number of carbonyl (C=O) groups excluding carboxylic acids is 1. The number of unbranched alkanes of at least 4 members (excludes halogenated alkanes) is 7. The van der Waals surface area contributed by atoms with Crippen molar-refractivity contribution in [1.29, 1.82) is 0 Å². The minimum absolute atomic E-state index is 0.0351. The van der Waals surface area contributed by atoms with Crippen molar-refractivity contribution in [3.63, 3.8) is 0 Å². The highest BCUT2D eigenvalue weighted by atomic mass is 16.5. The number of allylic oxidation sites excluding steroid dienone is 3. The maximum Gasteiger partial charge on any atom is 0.305 e. The van der Waals surface area contributed by atoms with Crippen molar-refractivity contribution < 1.29 is 9.53 Å². The summed E-state index contributed by atoms with van der Waals surface area (Å²) in [7, 11) is 0. The van der Waals surface area contributed by atoms with E-state index < -0.39 is 0 Å². The first kappa shape index (κ1) is 17.9. The molecule has 0 aromatic carbocycles. The van der Waals surface area contributed by atoms with Gasteiger partial charge in [-0.3, -0.25) is 4.79 Å². The lowest BCUT2D eigenvalue weighted by atomic mass is 10.1. The molecule has 110 valence electrons. The second kappa shape index (κ2) is 15.0. The van der Waals surface area contributed by atoms with Crippen molar-refractivity contribution in [1.82, 2.24) is 0 Å². The molecule has 0 bridgehead atoms. The summed E-state index contributed by atoms with van der Waals surface area (Å²) in [5.74, 6) is -0.0351. The van der Waals surface area contributed by atoms with E-state index in [-0.39, 0.29) is 5.97 Å². The lowest BCUT2D eigenvalue weighted by Gasteiger charge is -2.04. The minimum atomic E-state index is -0.0351. The van der Waals surface area contributed by atoms with Crippen LogP contribution in [0.2, 0.25) is 0 Å². The van der Waals surface area contributed by atoms with Crippen molar-refractivity contribution in [3.8, 4) is 0 Å². The maximum atomic E-state index is 11.4. The molecule has 0 rings (SSSR count). The van der Waals surface area contributed by atoms with Crippen molar-refractivity contribution in [2.75, 3.05) is 6.61 Å². The molecule has 0 aliphatic heterocycles. The predicted octanol–water partition coefficient (Wildman–Crippen LogP) is 5.19. The highest BCUT2D eigenvalue weighted by molar-refractivity contribution is 5.69. The van der Waals surface area contributed by atoms with E-state index in [0.717, 1.165) is 32.1 Å². The second-order valence-electron chi connectivity index (χ2n) is 4.88. The Kier molecular flexibility index (Phi) is 14.2. The third-order valence-electron chi connectivity index (χ3n) is 3.05. The quantitative estimate of drug-likeness (QED) is 0.260. The van der Waals surface area contributed by atoms with Gasteiger partial charge in [-0.15, -0.1) is 6.58 Å². The van der Waals surface area contributed by atoms with Gasteiger partial charge in [-0.2, -0.15) is 0 Å². The Morgan fingerprint density at radius 1 is 1.00 bits per heavy atom. The van der Waals surface area contributed by atoms with E-state index in [4.69, 9.17) is 4.74 Å². The van der Waals surface area contributed by atoms with Crippen LogP contribution < -0.4 is 0 Å². The fourth-order valence-corrected chi connectivity index (χ4v) is 1.89. The Labute approximate surface area is 118 Å². The molecule has 0 fully saturated rings. The van der Waals surface area contributed by atoms with Gasteiger partial charge in [0.25, 0.3) is 0 Å². The van der Waals surface area contributed by atoms with Gasteiger partial charge in [0.2, 0.25) is 0 Å². The molecule has 0 atom stereocenters. The Morgan fingerprint density at radius 3 is 2.37 bits per heavy atom. The summed E-state index contributed by atoms with van der Waals surface area (Å²) < 4.78 is 5.16. The smallest absolute Gasteiger partial charge is 0.305 e. The van der Waals surface area contributed by atoms with Crippen LogP contribution in [-0.2, 0) is 9.53 Å². The molecule has 0 aliphatic carbocycles. The Balaban J connectivity index is 3.18. The van der Waals surface area contributed by atoms with E-state index in [9.17, 15) is 4.79 Å². The fourth-order valence-electron chi connectivity index (χ4n) is 1.89. The number of rotatable bonds is 13. The van der Waals surface area contributed by atoms with Crippen molar-refractivity contribution in [2.24, 2.45) is 0 Å². The summed E-state index contributed by atoms with van der Waals surface area (Å²) in [5, 5.41) is 0. The summed E-state index contributed by atoms with van der Waals surface area (Å²) in [5.41, 5.74) is 0. The highest BCUT2D eigenvalue weighted by Crippen LogP contribution is 2.09. The van der Waals surface area contributed by atoms with E-state index in [1.54, 1.807) is 0 Å². The van der Waals surface area contributed by atoms with Gasteiger partial charge in [-0.25, -0.2) is 0 Å². The van der Waals surface area contributed by atoms with E-state index in [1.165, 1.54) is 25.7 Å². The first-order chi connectivity index (χ1) is 9.31. The molecule has 0 N–H and O–H groups in total. The Morgan fingerprint density at radius 2 is 1.68 bits per heavy atom. The van der Waals surface area contributed by atoms with Crippen molar-refractivity contribution in [3.05, 3.63) is 24.8 Å². The van der Waals surface area contributed by atoms with Crippen LogP contribution in [0.15, 0.2) is 24.8 Å². The molecule has 0 unspecified atom stereocenters. The molecule has 2 heteroatoms. The molecule has 0 aromatic rings. The van der Waals surface area contributed by atoms with Gasteiger partial charge in [-0.05, 0) is 39.0 Å². The summed E-state index contributed by atoms with van der Waals surface area (Å²) in [6.07, 6.45) is 16.9. The highest BCUT2D eigenvalue weighted by Gasteiger charge is 2.01. The van der Waals surface area contributed by atoms with Crippen LogP contribution in [0.4, 0.5) is 0 Å². The molecule has 0 spiro atoms. The van der Waals surface area contributed by atoms with Gasteiger partial charge in [0.15, 0.2) is 0 Å². The van der Waals surface area contributed by atoms with Crippen LogP contribution in [0.1, 0.15) is 71.1 Å². The van der Waals surface area contributed by atoms with Crippen LogP contribution in [0.25, 0.3) is 0 Å². The number of carbonyl (C=O) groups is 1. The standard InChI is InChI=1S/C17H30O2/c1-3-5-7-9-10-11-12-13-15-17(18)19-16-14-8-6-4-2/h3-4,6H,1,5,7-16H2,2H3/b6-4-. The third-order valence-corrected chi connectivity index (χ3v) is 3.05. The largest absolute Gasteiger partial charge is 0.466 e. The topological polar surface area (TPSA) is 26.3 Å². The first-order valence-corrected chi connectivity index (χ1v) is 7.69. The lowest BCUT2D eigenvalue weighted by molar-refractivity contribution is -0.143. The van der Waals surface area contributed by atoms with Gasteiger partial charge in [0.05, 0.1) is 6.61 Å². The van der Waals surface area contributed by atoms with Crippen LogP contribution in [0.5, 0.6) is 0 Å². The van der Waals surface area contributed by atoms with E-state index in [0.29, 0.717) is 13.0 Å². The zero-order valence-corrected chi connectivity index (χ0v) is 12.5. The summed E-state index contributed by atoms with van der Waals surface area (Å²) in [6, 6.07) is 0. The van der Waals surface area contributed by atoms with Crippen LogP contribution in [0.3, 0.4) is 0 Å². The van der Waals surface area contributed by atoms with Gasteiger partial charge in [0, 0.05) is 6.42 Å². The van der Waals surface area contributed by atoms with Crippen LogP contribution >= 0.6 is 0 Å². The molecule has 19 heavy (non-hydrogen) atoms. The molecule has 0 heterocycles. The molecular formula is C17H30O2. The van der Waals surface area contributed by atoms with Gasteiger partial charge < -0.3 is 4.74 Å². The lowest BCUT2D eigenvalue weighted by Crippen LogP contribution is -2.05. The van der Waals surface area contributed by atoms with E-state index >= 15 is 0 Å². The number of ether oxygens (including phenoxy) is 1. The monoisotopic (exact) mass is 266 g/mol. The van der Waals surface area contributed by atoms with Crippen molar-refractivity contribution in [2.45, 2.75) is 71.1 Å². The number of hydrogen-bond acceptors (Lipinski definition) is 2. The Hall–Kier alpha value is -1.05. The average molecular weight is 266 g/mol. The van der Waals surface area contributed by atoms with E-state index in [2.05, 4.69) is 12.7 Å². The molecule has 0 saturated heterocycles. The normalized spacial score (nSPS) is 10.8. The number of esters is 1. The molecule has 0 aliphatic rings. The SMILES string of the molecule is C=CCCCCCCCCC(=O)OCCC/C=C\C. The summed E-state index contributed by atoms with van der Waals surface area (Å²) >= 11 is 0. The zero-order chi connectivity index (χ0) is 14.2. The Bertz CT molecular complexity index is 244. The van der Waals surface area contributed by atoms with Crippen LogP contribution in [-0.4, -0.2) is 12.6 Å². The van der Waals surface area contributed by atoms with Gasteiger partial charge in [-0.1, -0.05) is 43.9 Å². The zero-order valence-electron chi connectivity index (χ0n) is 12.5. The summed E-state index contributed by atoms with van der Waals surface area (Å²) in [4.78, 5) is 11.4. The minimum Gasteiger partial charge on any atom is -0.466 e. The molecule has 0 amide bonds.